The fourth-order valence-electron chi connectivity index (χ4n) is 4.36. The van der Waals surface area contributed by atoms with Crippen molar-refractivity contribution in [1.29, 1.82) is 0 Å². The number of aromatic nitrogens is 1. The zero-order valence-electron chi connectivity index (χ0n) is 17.1. The minimum Gasteiger partial charge on any atom is -0.498 e. The average Bonchev–Trinajstić information content (AvgIpc) is 3.43. The largest absolute Gasteiger partial charge is 0.498 e. The van der Waals surface area contributed by atoms with Crippen LogP contribution in [0.15, 0.2) is 47.6 Å². The maximum atomic E-state index is 12.9. The van der Waals surface area contributed by atoms with Crippen LogP contribution in [0.4, 0.5) is 11.4 Å². The number of nitrogens with zero attached hydrogens (tertiary/aromatic N) is 2. The van der Waals surface area contributed by atoms with E-state index in [1.54, 1.807) is 0 Å². The van der Waals surface area contributed by atoms with Crippen LogP contribution in [0, 0.1) is 5.92 Å². The monoisotopic (exact) mass is 422 g/mol. The molecular weight excluding hydrogens is 396 g/mol. The highest BCUT2D eigenvalue weighted by molar-refractivity contribution is 7.11. The van der Waals surface area contributed by atoms with Crippen LogP contribution in [-0.4, -0.2) is 43.2 Å². The fourth-order valence-corrected chi connectivity index (χ4v) is 5.20. The van der Waals surface area contributed by atoms with E-state index in [9.17, 15) is 4.79 Å². The van der Waals surface area contributed by atoms with Gasteiger partial charge in [-0.3, -0.25) is 4.79 Å². The van der Waals surface area contributed by atoms with Crippen LogP contribution in [0.1, 0.15) is 35.3 Å². The van der Waals surface area contributed by atoms with E-state index in [1.165, 1.54) is 16.9 Å². The number of piperazine rings is 1. The van der Waals surface area contributed by atoms with Crippen LogP contribution < -0.4 is 15.5 Å². The molecule has 2 atom stereocenters. The molecule has 1 amide bonds. The number of rotatable bonds is 4. The molecule has 2 aliphatic heterocycles. The lowest BCUT2D eigenvalue weighted by atomic mass is 9.92. The standard InChI is InChI=1S/C23H26N4O2S/c1-15-13-27(10-9-24-15)20-5-3-2-4-18(20)25-22(28)19-14-30-23(26-19)17-6-7-21-16(12-17)8-11-29-21/h2-7,14-16,24H,8-13H2,1H3,(H,25,28). The molecule has 156 valence electrons. The molecule has 6 nitrogen and oxygen atoms in total. The zero-order chi connectivity index (χ0) is 20.5. The van der Waals surface area contributed by atoms with Gasteiger partial charge in [0, 0.05) is 37.0 Å². The molecule has 0 radical (unpaired) electrons. The van der Waals surface area contributed by atoms with Gasteiger partial charge in [0.1, 0.15) is 10.7 Å². The molecule has 0 bridgehead atoms. The number of amides is 1. The Bertz CT molecular complexity index is 1010. The van der Waals surface area contributed by atoms with Gasteiger partial charge in [-0.1, -0.05) is 18.2 Å². The molecule has 1 aromatic heterocycles. The van der Waals surface area contributed by atoms with Crippen LogP contribution in [0.25, 0.3) is 5.57 Å². The second-order valence-corrected chi connectivity index (χ2v) is 8.97. The minimum absolute atomic E-state index is 0.162. The first-order valence-electron chi connectivity index (χ1n) is 10.6. The van der Waals surface area contributed by atoms with E-state index in [1.807, 2.05) is 23.6 Å². The summed E-state index contributed by atoms with van der Waals surface area (Å²) in [6.45, 7) is 5.76. The van der Waals surface area contributed by atoms with Gasteiger partial charge in [-0.15, -0.1) is 11.3 Å². The van der Waals surface area contributed by atoms with Crippen molar-refractivity contribution in [1.82, 2.24) is 10.3 Å². The minimum atomic E-state index is -0.162. The van der Waals surface area contributed by atoms with Crippen molar-refractivity contribution in [3.63, 3.8) is 0 Å². The Morgan fingerprint density at radius 2 is 2.23 bits per heavy atom. The molecule has 2 saturated heterocycles. The maximum Gasteiger partial charge on any atom is 0.275 e. The molecule has 0 saturated carbocycles. The van der Waals surface area contributed by atoms with Gasteiger partial charge in [-0.25, -0.2) is 4.98 Å². The van der Waals surface area contributed by atoms with Crippen LogP contribution in [-0.2, 0) is 4.74 Å². The molecule has 0 spiro atoms. The molecule has 1 aromatic carbocycles. The zero-order valence-corrected chi connectivity index (χ0v) is 17.9. The highest BCUT2D eigenvalue weighted by atomic mass is 32.1. The summed E-state index contributed by atoms with van der Waals surface area (Å²) >= 11 is 1.53. The molecule has 5 rings (SSSR count). The Kier molecular flexibility index (Phi) is 5.31. The number of thiazole rings is 1. The van der Waals surface area contributed by atoms with E-state index in [-0.39, 0.29) is 5.91 Å². The quantitative estimate of drug-likeness (QED) is 0.782. The number of hydrogen-bond acceptors (Lipinski definition) is 6. The third-order valence-corrected chi connectivity index (χ3v) is 6.84. The lowest BCUT2D eigenvalue weighted by Gasteiger charge is -2.34. The third-order valence-electron chi connectivity index (χ3n) is 5.93. The summed E-state index contributed by atoms with van der Waals surface area (Å²) < 4.78 is 5.65. The average molecular weight is 423 g/mol. The van der Waals surface area contributed by atoms with Crippen LogP contribution >= 0.6 is 11.3 Å². The second kappa shape index (κ2) is 8.24. The van der Waals surface area contributed by atoms with Gasteiger partial charge < -0.3 is 20.3 Å². The van der Waals surface area contributed by atoms with Crippen LogP contribution in [0.5, 0.6) is 0 Å². The molecular formula is C23H26N4O2S. The molecule has 2 fully saturated rings. The number of hydrogen-bond donors (Lipinski definition) is 2. The number of anilines is 2. The van der Waals surface area contributed by atoms with Crippen molar-refractivity contribution in [3.8, 4) is 0 Å². The summed E-state index contributed by atoms with van der Waals surface area (Å²) in [5.41, 5.74) is 3.55. The first-order valence-corrected chi connectivity index (χ1v) is 11.4. The number of allylic oxidation sites excluding steroid dienone is 4. The van der Waals surface area contributed by atoms with Crippen molar-refractivity contribution in [2.45, 2.75) is 25.8 Å². The number of fused-ring (bicyclic) bond motifs is 1. The Morgan fingerprint density at radius 1 is 1.33 bits per heavy atom. The SMILES string of the molecule is CC1CN(c2ccccc2NC(=O)c2csc(C3=CC=C4OCCC4C3)n2)CCN1. The van der Waals surface area contributed by atoms with Crippen LogP contribution in [0.2, 0.25) is 0 Å². The van der Waals surface area contributed by atoms with Gasteiger partial charge >= 0.3 is 0 Å². The van der Waals surface area contributed by atoms with Crippen molar-refractivity contribution < 1.29 is 9.53 Å². The Morgan fingerprint density at radius 3 is 3.13 bits per heavy atom. The molecule has 2 unspecified atom stereocenters. The Labute approximate surface area is 180 Å². The predicted molar refractivity (Wildman–Crippen MR) is 121 cm³/mol. The first kappa shape index (κ1) is 19.3. The van der Waals surface area contributed by atoms with Gasteiger partial charge in [0.15, 0.2) is 0 Å². The Balaban J connectivity index is 1.31. The highest BCUT2D eigenvalue weighted by Gasteiger charge is 2.27. The summed E-state index contributed by atoms with van der Waals surface area (Å²) in [5.74, 6) is 1.39. The normalized spacial score (nSPS) is 23.3. The number of nitrogens with one attached hydrogen (secondary N) is 2. The molecule has 3 heterocycles. The maximum absolute atomic E-state index is 12.9. The van der Waals surface area contributed by atoms with Crippen molar-refractivity contribution >= 4 is 34.2 Å². The van der Waals surface area contributed by atoms with Crippen molar-refractivity contribution in [2.24, 2.45) is 5.92 Å². The first-order chi connectivity index (χ1) is 14.7. The van der Waals surface area contributed by atoms with E-state index in [4.69, 9.17) is 4.74 Å². The predicted octanol–water partition coefficient (Wildman–Crippen LogP) is 3.90. The van der Waals surface area contributed by atoms with Crippen molar-refractivity contribution in [3.05, 3.63) is 58.3 Å². The van der Waals surface area contributed by atoms with Gasteiger partial charge in [0.25, 0.3) is 5.91 Å². The van der Waals surface area contributed by atoms with Gasteiger partial charge in [0.05, 0.1) is 23.7 Å². The molecule has 3 aliphatic rings. The van der Waals surface area contributed by atoms with E-state index < -0.39 is 0 Å². The lowest BCUT2D eigenvalue weighted by Crippen LogP contribution is -2.49. The van der Waals surface area contributed by atoms with Gasteiger partial charge in [0.2, 0.25) is 0 Å². The van der Waals surface area contributed by atoms with Gasteiger partial charge in [-0.05, 0) is 43.5 Å². The summed E-state index contributed by atoms with van der Waals surface area (Å²) in [6.07, 6.45) is 6.13. The number of benzene rings is 1. The van der Waals surface area contributed by atoms with Crippen molar-refractivity contribution in [2.75, 3.05) is 36.5 Å². The van der Waals surface area contributed by atoms with E-state index >= 15 is 0 Å². The fraction of sp³-hybridized carbons (Fsp3) is 0.391. The molecule has 30 heavy (non-hydrogen) atoms. The summed E-state index contributed by atoms with van der Waals surface area (Å²) in [4.78, 5) is 19.9. The summed E-state index contributed by atoms with van der Waals surface area (Å²) in [5, 5.41) is 9.32. The number of carbonyl (C=O) groups excluding carboxylic acids is 1. The topological polar surface area (TPSA) is 66.5 Å². The molecule has 2 N–H and O–H groups in total. The smallest absolute Gasteiger partial charge is 0.275 e. The molecule has 2 aromatic rings. The highest BCUT2D eigenvalue weighted by Crippen LogP contribution is 2.38. The van der Waals surface area contributed by atoms with E-state index in [2.05, 4.69) is 45.7 Å². The Hall–Kier alpha value is -2.64. The number of para-hydroxylation sites is 2. The molecule has 1 aliphatic carbocycles. The third kappa shape index (κ3) is 3.87. The van der Waals surface area contributed by atoms with Crippen LogP contribution in [0.3, 0.4) is 0 Å². The van der Waals surface area contributed by atoms with Gasteiger partial charge in [-0.2, -0.15) is 0 Å². The number of ether oxygens (including phenoxy) is 1. The lowest BCUT2D eigenvalue weighted by molar-refractivity contribution is 0.102. The molecule has 7 heteroatoms. The van der Waals surface area contributed by atoms with E-state index in [0.717, 1.165) is 61.2 Å². The number of carbonyl (C=O) groups is 1. The van der Waals surface area contributed by atoms with E-state index in [0.29, 0.717) is 17.7 Å². The summed E-state index contributed by atoms with van der Waals surface area (Å²) in [6, 6.07) is 8.43. The summed E-state index contributed by atoms with van der Waals surface area (Å²) in [7, 11) is 0. The second-order valence-electron chi connectivity index (χ2n) is 8.11.